The van der Waals surface area contributed by atoms with E-state index in [2.05, 4.69) is 4.98 Å². The third-order valence-corrected chi connectivity index (χ3v) is 4.95. The summed E-state index contributed by atoms with van der Waals surface area (Å²) >= 11 is 3.07. The lowest BCUT2D eigenvalue weighted by Gasteiger charge is -1.99. The highest BCUT2D eigenvalue weighted by molar-refractivity contribution is 7.18. The van der Waals surface area contributed by atoms with Crippen LogP contribution in [0.2, 0.25) is 0 Å². The standard InChI is InChI=1S/C16H9NO2S2/c18-16-13-11(12-7-4-8-20-12)9-21-15(13)17-14(19-16)10-5-2-1-3-6-10/h1-9H. The molecule has 5 heteroatoms. The zero-order chi connectivity index (χ0) is 14.2. The van der Waals surface area contributed by atoms with Crippen molar-refractivity contribution in [2.75, 3.05) is 0 Å². The van der Waals surface area contributed by atoms with Gasteiger partial charge in [-0.25, -0.2) is 9.78 Å². The first kappa shape index (κ1) is 12.5. The average Bonchev–Trinajstić information content (AvgIpc) is 3.17. The normalized spacial score (nSPS) is 11.0. The van der Waals surface area contributed by atoms with Crippen molar-refractivity contribution in [2.45, 2.75) is 0 Å². The first-order valence-corrected chi connectivity index (χ1v) is 8.10. The van der Waals surface area contributed by atoms with Crippen LogP contribution in [0.15, 0.2) is 62.4 Å². The molecule has 0 fully saturated rings. The third kappa shape index (κ3) is 2.11. The Morgan fingerprint density at radius 2 is 1.86 bits per heavy atom. The summed E-state index contributed by atoms with van der Waals surface area (Å²) in [6.45, 7) is 0. The van der Waals surface area contributed by atoms with Gasteiger partial charge in [0.1, 0.15) is 10.2 Å². The van der Waals surface area contributed by atoms with Gasteiger partial charge in [-0.3, -0.25) is 0 Å². The minimum Gasteiger partial charge on any atom is -0.403 e. The molecule has 0 bridgehead atoms. The molecule has 4 rings (SSSR count). The van der Waals surface area contributed by atoms with Crippen molar-refractivity contribution in [3.05, 3.63) is 63.6 Å². The Balaban J connectivity index is 1.96. The molecule has 0 aliphatic carbocycles. The number of benzene rings is 1. The second kappa shape index (κ2) is 4.95. The molecule has 0 unspecified atom stereocenters. The lowest BCUT2D eigenvalue weighted by molar-refractivity contribution is 0.519. The van der Waals surface area contributed by atoms with E-state index in [9.17, 15) is 4.79 Å². The number of aromatic nitrogens is 1. The van der Waals surface area contributed by atoms with Crippen molar-refractivity contribution >= 4 is 32.9 Å². The predicted molar refractivity (Wildman–Crippen MR) is 86.9 cm³/mol. The van der Waals surface area contributed by atoms with Crippen LogP contribution in [0.25, 0.3) is 32.1 Å². The number of fused-ring (bicyclic) bond motifs is 1. The molecule has 0 amide bonds. The zero-order valence-electron chi connectivity index (χ0n) is 10.8. The van der Waals surface area contributed by atoms with Gasteiger partial charge in [0.15, 0.2) is 0 Å². The number of nitrogens with zero attached hydrogens (tertiary/aromatic N) is 1. The molecule has 0 aliphatic rings. The Bertz CT molecular complexity index is 953. The molecule has 0 saturated heterocycles. The van der Waals surface area contributed by atoms with E-state index in [0.717, 1.165) is 16.0 Å². The highest BCUT2D eigenvalue weighted by Crippen LogP contribution is 2.34. The Hall–Kier alpha value is -2.24. The van der Waals surface area contributed by atoms with Crippen molar-refractivity contribution < 1.29 is 4.42 Å². The van der Waals surface area contributed by atoms with E-state index in [0.29, 0.717) is 16.1 Å². The summed E-state index contributed by atoms with van der Waals surface area (Å²) in [5.41, 5.74) is 1.39. The van der Waals surface area contributed by atoms with Crippen LogP contribution in [0.5, 0.6) is 0 Å². The summed E-state index contributed by atoms with van der Waals surface area (Å²) in [5, 5.41) is 4.53. The van der Waals surface area contributed by atoms with Gasteiger partial charge in [-0.1, -0.05) is 24.3 Å². The lowest BCUT2D eigenvalue weighted by Crippen LogP contribution is -2.01. The summed E-state index contributed by atoms with van der Waals surface area (Å²) in [4.78, 5) is 18.6. The van der Waals surface area contributed by atoms with Crippen molar-refractivity contribution in [1.29, 1.82) is 0 Å². The van der Waals surface area contributed by atoms with Gasteiger partial charge < -0.3 is 4.42 Å². The minimum absolute atomic E-state index is 0.330. The Labute approximate surface area is 128 Å². The fourth-order valence-electron chi connectivity index (χ4n) is 2.20. The second-order valence-corrected chi connectivity index (χ2v) is 6.29. The van der Waals surface area contributed by atoms with Crippen LogP contribution in [0.3, 0.4) is 0 Å². The van der Waals surface area contributed by atoms with Gasteiger partial charge in [0, 0.05) is 21.4 Å². The third-order valence-electron chi connectivity index (χ3n) is 3.18. The van der Waals surface area contributed by atoms with Gasteiger partial charge in [-0.2, -0.15) is 0 Å². The Morgan fingerprint density at radius 3 is 2.62 bits per heavy atom. The SMILES string of the molecule is O=c1oc(-c2ccccc2)nc2scc(-c3cccs3)c12. The van der Waals surface area contributed by atoms with E-state index in [1.807, 2.05) is 53.2 Å². The van der Waals surface area contributed by atoms with Crippen LogP contribution in [-0.2, 0) is 0 Å². The van der Waals surface area contributed by atoms with Crippen molar-refractivity contribution in [2.24, 2.45) is 0 Å². The van der Waals surface area contributed by atoms with Crippen LogP contribution in [0, 0.1) is 0 Å². The molecule has 3 heterocycles. The molecule has 1 aromatic carbocycles. The molecule has 102 valence electrons. The summed E-state index contributed by atoms with van der Waals surface area (Å²) < 4.78 is 5.42. The smallest absolute Gasteiger partial charge is 0.348 e. The van der Waals surface area contributed by atoms with E-state index in [-0.39, 0.29) is 5.63 Å². The molecule has 0 atom stereocenters. The molecule has 0 saturated carbocycles. The number of hydrogen-bond donors (Lipinski definition) is 0. The summed E-state index contributed by atoms with van der Waals surface area (Å²) in [7, 11) is 0. The quantitative estimate of drug-likeness (QED) is 0.541. The predicted octanol–water partition coefficient (Wildman–Crippen LogP) is 4.65. The van der Waals surface area contributed by atoms with E-state index in [4.69, 9.17) is 4.42 Å². The van der Waals surface area contributed by atoms with Crippen LogP contribution >= 0.6 is 22.7 Å². The topological polar surface area (TPSA) is 43.1 Å². The highest BCUT2D eigenvalue weighted by Gasteiger charge is 2.15. The number of thiophene rings is 2. The maximum atomic E-state index is 12.4. The van der Waals surface area contributed by atoms with Gasteiger partial charge in [0.25, 0.3) is 0 Å². The van der Waals surface area contributed by atoms with Gasteiger partial charge in [0.05, 0.1) is 0 Å². The molecule has 0 radical (unpaired) electrons. The van der Waals surface area contributed by atoms with Crippen molar-refractivity contribution in [1.82, 2.24) is 4.98 Å². The largest absolute Gasteiger partial charge is 0.403 e. The number of rotatable bonds is 2. The zero-order valence-corrected chi connectivity index (χ0v) is 12.4. The molecule has 0 spiro atoms. The maximum absolute atomic E-state index is 12.4. The van der Waals surface area contributed by atoms with Crippen molar-refractivity contribution in [3.63, 3.8) is 0 Å². The molecular formula is C16H9NO2S2. The van der Waals surface area contributed by atoms with Crippen molar-refractivity contribution in [3.8, 4) is 21.9 Å². The second-order valence-electron chi connectivity index (χ2n) is 4.48. The van der Waals surface area contributed by atoms with Gasteiger partial charge >= 0.3 is 5.63 Å². The minimum atomic E-state index is -0.330. The van der Waals surface area contributed by atoms with E-state index in [1.54, 1.807) is 11.3 Å². The van der Waals surface area contributed by atoms with Gasteiger partial charge in [-0.05, 0) is 23.6 Å². The Kier molecular flexibility index (Phi) is 2.94. The van der Waals surface area contributed by atoms with E-state index < -0.39 is 0 Å². The van der Waals surface area contributed by atoms with Gasteiger partial charge in [0.2, 0.25) is 5.89 Å². The monoisotopic (exact) mass is 311 g/mol. The molecule has 21 heavy (non-hydrogen) atoms. The molecular weight excluding hydrogens is 302 g/mol. The maximum Gasteiger partial charge on any atom is 0.348 e. The summed E-state index contributed by atoms with van der Waals surface area (Å²) in [6.07, 6.45) is 0. The first-order valence-electron chi connectivity index (χ1n) is 6.34. The highest BCUT2D eigenvalue weighted by atomic mass is 32.1. The molecule has 0 N–H and O–H groups in total. The summed E-state index contributed by atoms with van der Waals surface area (Å²) in [6, 6.07) is 13.4. The van der Waals surface area contributed by atoms with Gasteiger partial charge in [-0.15, -0.1) is 22.7 Å². The van der Waals surface area contributed by atoms with Crippen LogP contribution in [0.1, 0.15) is 0 Å². The van der Waals surface area contributed by atoms with Crippen LogP contribution in [-0.4, -0.2) is 4.98 Å². The first-order chi connectivity index (χ1) is 10.3. The fraction of sp³-hybridized carbons (Fsp3) is 0. The molecule has 0 aliphatic heterocycles. The molecule has 4 aromatic rings. The average molecular weight is 311 g/mol. The number of hydrogen-bond acceptors (Lipinski definition) is 5. The fourth-order valence-corrected chi connectivity index (χ4v) is 3.94. The van der Waals surface area contributed by atoms with E-state index >= 15 is 0 Å². The Morgan fingerprint density at radius 1 is 1.00 bits per heavy atom. The molecule has 3 aromatic heterocycles. The molecule has 3 nitrogen and oxygen atoms in total. The van der Waals surface area contributed by atoms with E-state index in [1.165, 1.54) is 11.3 Å². The lowest BCUT2D eigenvalue weighted by atomic mass is 10.2. The van der Waals surface area contributed by atoms with Crippen LogP contribution in [0.4, 0.5) is 0 Å². The van der Waals surface area contributed by atoms with Crippen LogP contribution < -0.4 is 5.63 Å². The summed E-state index contributed by atoms with van der Waals surface area (Å²) in [5.74, 6) is 0.368.